The normalized spacial score (nSPS) is 9.97. The smallest absolute Gasteiger partial charge is 0.148 e. The van der Waals surface area contributed by atoms with Crippen LogP contribution >= 0.6 is 0 Å². The molecule has 0 fully saturated rings. The van der Waals surface area contributed by atoms with E-state index in [0.29, 0.717) is 5.56 Å². The van der Waals surface area contributed by atoms with Crippen LogP contribution in [0.15, 0.2) is 90.6 Å². The summed E-state index contributed by atoms with van der Waals surface area (Å²) in [7, 11) is 0. The molecule has 0 amide bonds. The fourth-order valence-corrected chi connectivity index (χ4v) is 3.60. The van der Waals surface area contributed by atoms with Gasteiger partial charge in [-0.1, -0.05) is 66.7 Å². The van der Waals surface area contributed by atoms with E-state index in [2.05, 4.69) is 6.07 Å². The first-order valence-corrected chi connectivity index (χ1v) is 8.99. The Kier molecular flexibility index (Phi) is 4.65. The van der Waals surface area contributed by atoms with Crippen LogP contribution in [-0.4, -0.2) is 4.40 Å². The van der Waals surface area contributed by atoms with Gasteiger partial charge in [0.25, 0.3) is 0 Å². The van der Waals surface area contributed by atoms with Gasteiger partial charge in [-0.05, 0) is 23.3 Å². The van der Waals surface area contributed by atoms with E-state index >= 15 is 0 Å². The Labute approximate surface area is 168 Å². The Morgan fingerprint density at radius 2 is 1.24 bits per heavy atom. The minimum atomic E-state index is -0.194. The fraction of sp³-hybridized carbons (Fsp3) is 0. The average molecular weight is 370 g/mol. The molecule has 29 heavy (non-hydrogen) atoms. The van der Waals surface area contributed by atoms with Crippen molar-refractivity contribution in [2.75, 3.05) is 0 Å². The van der Waals surface area contributed by atoms with Gasteiger partial charge in [-0.15, -0.1) is 0 Å². The zero-order valence-corrected chi connectivity index (χ0v) is 15.4. The Balaban J connectivity index is 2.27. The molecule has 2 aromatic heterocycles. The molecule has 2 aromatic carbocycles. The molecular formula is C25H14N4. The number of pyridine rings is 1. The minimum absolute atomic E-state index is 0.0831. The van der Waals surface area contributed by atoms with Gasteiger partial charge < -0.3 is 4.40 Å². The molecule has 0 aliphatic rings. The lowest BCUT2D eigenvalue weighted by molar-refractivity contribution is 1.20. The van der Waals surface area contributed by atoms with Crippen LogP contribution in [0.3, 0.4) is 0 Å². The fourth-order valence-electron chi connectivity index (χ4n) is 3.60. The largest absolute Gasteiger partial charge is 0.315 e. The molecule has 0 unspecified atom stereocenters. The van der Waals surface area contributed by atoms with Crippen LogP contribution in [-0.2, 0) is 0 Å². The molecule has 0 saturated heterocycles. The monoisotopic (exact) mass is 370 g/mol. The predicted molar refractivity (Wildman–Crippen MR) is 112 cm³/mol. The summed E-state index contributed by atoms with van der Waals surface area (Å²) < 4.78 is 2.01. The predicted octanol–water partition coefficient (Wildman–Crippen LogP) is 5.60. The first kappa shape index (κ1) is 17.8. The molecule has 0 aliphatic heterocycles. The third kappa shape index (κ3) is 2.94. The highest BCUT2D eigenvalue weighted by Crippen LogP contribution is 2.43. The van der Waals surface area contributed by atoms with E-state index in [1.54, 1.807) is 0 Å². The number of allylic oxidation sites excluding steroid dienone is 2. The molecule has 0 spiro atoms. The summed E-state index contributed by atoms with van der Waals surface area (Å²) in [6.07, 6.45) is 1.93. The van der Waals surface area contributed by atoms with E-state index in [1.807, 2.05) is 102 Å². The summed E-state index contributed by atoms with van der Waals surface area (Å²) in [6.45, 7) is 0. The van der Waals surface area contributed by atoms with Crippen LogP contribution < -0.4 is 0 Å². The highest BCUT2D eigenvalue weighted by molar-refractivity contribution is 6.04. The van der Waals surface area contributed by atoms with E-state index in [1.165, 1.54) is 0 Å². The van der Waals surface area contributed by atoms with Crippen molar-refractivity contribution in [2.45, 2.75) is 0 Å². The lowest BCUT2D eigenvalue weighted by Crippen LogP contribution is -1.90. The first-order chi connectivity index (χ1) is 14.3. The highest BCUT2D eigenvalue weighted by Gasteiger charge is 2.25. The van der Waals surface area contributed by atoms with Gasteiger partial charge in [0.2, 0.25) is 0 Å². The zero-order chi connectivity index (χ0) is 20.2. The molecule has 0 atom stereocenters. The van der Waals surface area contributed by atoms with Crippen molar-refractivity contribution >= 4 is 11.1 Å². The van der Waals surface area contributed by atoms with Crippen molar-refractivity contribution in [1.29, 1.82) is 15.8 Å². The van der Waals surface area contributed by atoms with Gasteiger partial charge in [0, 0.05) is 17.3 Å². The van der Waals surface area contributed by atoms with Crippen molar-refractivity contribution in [3.8, 4) is 40.6 Å². The Bertz CT molecular complexity index is 1340. The van der Waals surface area contributed by atoms with Crippen molar-refractivity contribution in [1.82, 2.24) is 4.40 Å². The summed E-state index contributed by atoms with van der Waals surface area (Å²) >= 11 is 0. The van der Waals surface area contributed by atoms with Crippen molar-refractivity contribution in [2.24, 2.45) is 0 Å². The lowest BCUT2D eigenvalue weighted by Gasteiger charge is -2.09. The molecule has 0 bridgehead atoms. The number of benzene rings is 2. The molecule has 4 nitrogen and oxygen atoms in total. The maximum atomic E-state index is 9.90. The second-order valence-electron chi connectivity index (χ2n) is 6.37. The SMILES string of the molecule is N#CC(C#N)=C(C#N)c1c(-c2ccccc2)c(-c2ccccc2)n2ccccc12. The number of hydrogen-bond donors (Lipinski definition) is 0. The molecular weight excluding hydrogens is 356 g/mol. The second kappa shape index (κ2) is 7.57. The highest BCUT2D eigenvalue weighted by atomic mass is 14.9. The van der Waals surface area contributed by atoms with E-state index in [9.17, 15) is 15.8 Å². The molecule has 4 aromatic rings. The number of hydrogen-bond acceptors (Lipinski definition) is 3. The van der Waals surface area contributed by atoms with E-state index in [4.69, 9.17) is 0 Å². The van der Waals surface area contributed by atoms with Gasteiger partial charge in [-0.25, -0.2) is 0 Å². The molecule has 4 rings (SSSR count). The standard InChI is InChI=1S/C25H14N4/c26-15-20(16-27)21(17-28)24-22-13-7-8-14-29(22)25(19-11-5-2-6-12-19)23(24)18-9-3-1-4-10-18/h1-14H. The lowest BCUT2D eigenvalue weighted by atomic mass is 9.92. The van der Waals surface area contributed by atoms with Crippen LogP contribution in [0.5, 0.6) is 0 Å². The third-order valence-corrected chi connectivity index (χ3v) is 4.79. The molecule has 4 heteroatoms. The van der Waals surface area contributed by atoms with Crippen LogP contribution in [0.2, 0.25) is 0 Å². The van der Waals surface area contributed by atoms with Crippen LogP contribution in [0, 0.1) is 34.0 Å². The minimum Gasteiger partial charge on any atom is -0.315 e. The van der Waals surface area contributed by atoms with Crippen molar-refractivity contribution in [3.05, 3.63) is 96.2 Å². The summed E-state index contributed by atoms with van der Waals surface area (Å²) in [5, 5.41) is 28.8. The molecule has 0 radical (unpaired) electrons. The Morgan fingerprint density at radius 1 is 0.655 bits per heavy atom. The van der Waals surface area contributed by atoms with E-state index < -0.39 is 0 Å². The molecule has 0 N–H and O–H groups in total. The van der Waals surface area contributed by atoms with E-state index in [0.717, 1.165) is 27.9 Å². The number of rotatable bonds is 3. The summed E-state index contributed by atoms with van der Waals surface area (Å²) in [6, 6.07) is 31.2. The number of fused-ring (bicyclic) bond motifs is 1. The van der Waals surface area contributed by atoms with Gasteiger partial charge in [-0.3, -0.25) is 0 Å². The Morgan fingerprint density at radius 3 is 1.83 bits per heavy atom. The van der Waals surface area contributed by atoms with Gasteiger partial charge >= 0.3 is 0 Å². The van der Waals surface area contributed by atoms with Crippen molar-refractivity contribution < 1.29 is 0 Å². The third-order valence-electron chi connectivity index (χ3n) is 4.79. The zero-order valence-electron chi connectivity index (χ0n) is 15.4. The molecule has 134 valence electrons. The van der Waals surface area contributed by atoms with E-state index in [-0.39, 0.29) is 11.1 Å². The van der Waals surface area contributed by atoms with Gasteiger partial charge in [0.05, 0.1) is 16.8 Å². The van der Waals surface area contributed by atoms with Crippen LogP contribution in [0.1, 0.15) is 5.56 Å². The average Bonchev–Trinajstić information content (AvgIpc) is 3.13. The quantitative estimate of drug-likeness (QED) is 0.441. The van der Waals surface area contributed by atoms with Gasteiger partial charge in [0.15, 0.2) is 0 Å². The topological polar surface area (TPSA) is 75.8 Å². The summed E-state index contributed by atoms with van der Waals surface area (Å²) in [5.41, 5.74) is 4.87. The summed E-state index contributed by atoms with van der Waals surface area (Å²) in [4.78, 5) is 0. The van der Waals surface area contributed by atoms with Crippen LogP contribution in [0.25, 0.3) is 33.5 Å². The molecule has 0 aliphatic carbocycles. The number of nitriles is 3. The second-order valence-corrected chi connectivity index (χ2v) is 6.37. The van der Waals surface area contributed by atoms with Crippen molar-refractivity contribution in [3.63, 3.8) is 0 Å². The molecule has 0 saturated carbocycles. The van der Waals surface area contributed by atoms with Gasteiger partial charge in [0.1, 0.15) is 23.8 Å². The maximum absolute atomic E-state index is 9.90. The van der Waals surface area contributed by atoms with Gasteiger partial charge in [-0.2, -0.15) is 15.8 Å². The molecule has 2 heterocycles. The Hall–Kier alpha value is -4.59. The first-order valence-electron chi connectivity index (χ1n) is 8.99. The number of nitrogens with zero attached hydrogens (tertiary/aromatic N) is 4. The van der Waals surface area contributed by atoms with Crippen LogP contribution in [0.4, 0.5) is 0 Å². The maximum Gasteiger partial charge on any atom is 0.148 e. The number of aromatic nitrogens is 1. The summed E-state index contributed by atoms with van der Waals surface area (Å²) in [5.74, 6) is 0.